The summed E-state index contributed by atoms with van der Waals surface area (Å²) < 4.78 is 4.77. The largest absolute Gasteiger partial charge is 0.465 e. The number of rotatable bonds is 8. The van der Waals surface area contributed by atoms with Crippen LogP contribution in [0.4, 0.5) is 0 Å². The number of benzene rings is 2. The van der Waals surface area contributed by atoms with Crippen molar-refractivity contribution in [3.8, 4) is 0 Å². The average Bonchev–Trinajstić information content (AvgIpc) is 3.42. The highest BCUT2D eigenvalue weighted by Gasteiger charge is 2.33. The van der Waals surface area contributed by atoms with E-state index in [9.17, 15) is 14.4 Å². The molecule has 1 saturated carbocycles. The quantitative estimate of drug-likeness (QED) is 0.303. The zero-order chi connectivity index (χ0) is 25.3. The summed E-state index contributed by atoms with van der Waals surface area (Å²) in [7, 11) is 1.34. The molecule has 7 heteroatoms. The van der Waals surface area contributed by atoms with E-state index >= 15 is 0 Å². The van der Waals surface area contributed by atoms with Gasteiger partial charge in [0.15, 0.2) is 0 Å². The molecule has 188 valence electrons. The molecule has 36 heavy (non-hydrogen) atoms. The van der Waals surface area contributed by atoms with Crippen LogP contribution in [0.3, 0.4) is 0 Å². The fourth-order valence-electron chi connectivity index (χ4n) is 4.69. The van der Waals surface area contributed by atoms with Crippen LogP contribution in [0.1, 0.15) is 58.5 Å². The lowest BCUT2D eigenvalue weighted by atomic mass is 9.94. The molecule has 3 aromatic rings. The number of methoxy groups -OCH3 is 1. The van der Waals surface area contributed by atoms with Gasteiger partial charge in [0.1, 0.15) is 0 Å². The summed E-state index contributed by atoms with van der Waals surface area (Å²) in [6, 6.07) is 20.6. The number of thiophene rings is 1. The van der Waals surface area contributed by atoms with Crippen LogP contribution < -0.4 is 0 Å². The van der Waals surface area contributed by atoms with Gasteiger partial charge >= 0.3 is 5.97 Å². The Kier molecular flexibility index (Phi) is 8.90. The number of amides is 2. The van der Waals surface area contributed by atoms with Crippen molar-refractivity contribution < 1.29 is 19.1 Å². The molecule has 1 heterocycles. The molecule has 4 rings (SSSR count). The molecule has 1 aromatic heterocycles. The van der Waals surface area contributed by atoms with Gasteiger partial charge in [-0.25, -0.2) is 14.8 Å². The number of nitrogens with zero attached hydrogens (tertiary/aromatic N) is 2. The average molecular weight is 505 g/mol. The highest BCUT2D eigenvalue weighted by atomic mass is 32.1. The van der Waals surface area contributed by atoms with Gasteiger partial charge in [-0.1, -0.05) is 67.8 Å². The van der Waals surface area contributed by atoms with E-state index in [1.165, 1.54) is 7.11 Å². The van der Waals surface area contributed by atoms with Gasteiger partial charge in [-0.05, 0) is 47.5 Å². The molecule has 2 aromatic carbocycles. The van der Waals surface area contributed by atoms with E-state index in [0.29, 0.717) is 12.1 Å². The summed E-state index contributed by atoms with van der Waals surface area (Å²) in [5.41, 5.74) is 2.21. The standard InChI is InChI=1S/C29H32N2O4S/c1-35-29(34)24-16-14-22(15-17-24)19-28(33)31(25-11-6-3-7-12-25)30(21-23-9-4-2-5-10-23)27(32)20-26-13-8-18-36-26/h2,4-5,8-10,13-18,25H,3,6-7,11-12,19-21H2,1H3. The van der Waals surface area contributed by atoms with Crippen LogP contribution >= 0.6 is 11.3 Å². The molecule has 1 aliphatic rings. The van der Waals surface area contributed by atoms with E-state index < -0.39 is 5.97 Å². The van der Waals surface area contributed by atoms with E-state index in [-0.39, 0.29) is 30.7 Å². The van der Waals surface area contributed by atoms with E-state index in [1.54, 1.807) is 45.6 Å². The fourth-order valence-corrected chi connectivity index (χ4v) is 5.38. The number of carbonyl (C=O) groups excluding carboxylic acids is 3. The van der Waals surface area contributed by atoms with Gasteiger partial charge < -0.3 is 4.74 Å². The predicted molar refractivity (Wildman–Crippen MR) is 140 cm³/mol. The molecule has 0 spiro atoms. The van der Waals surface area contributed by atoms with Gasteiger partial charge in [0.2, 0.25) is 11.8 Å². The molecule has 0 unspecified atom stereocenters. The van der Waals surface area contributed by atoms with Crippen molar-refractivity contribution in [2.75, 3.05) is 7.11 Å². The topological polar surface area (TPSA) is 66.9 Å². The van der Waals surface area contributed by atoms with E-state index in [2.05, 4.69) is 0 Å². The van der Waals surface area contributed by atoms with Crippen LogP contribution in [0.5, 0.6) is 0 Å². The summed E-state index contributed by atoms with van der Waals surface area (Å²) in [6.07, 6.45) is 5.40. The Morgan fingerprint density at radius 2 is 1.56 bits per heavy atom. The van der Waals surface area contributed by atoms with Gasteiger partial charge in [-0.15, -0.1) is 11.3 Å². The fraction of sp³-hybridized carbons (Fsp3) is 0.345. The van der Waals surface area contributed by atoms with E-state index in [1.807, 2.05) is 47.8 Å². The van der Waals surface area contributed by atoms with Gasteiger partial charge in [-0.3, -0.25) is 9.59 Å². The van der Waals surface area contributed by atoms with Crippen LogP contribution in [0.25, 0.3) is 0 Å². The second kappa shape index (κ2) is 12.5. The van der Waals surface area contributed by atoms with Crippen molar-refractivity contribution in [3.63, 3.8) is 0 Å². The van der Waals surface area contributed by atoms with Crippen LogP contribution in [0.15, 0.2) is 72.1 Å². The highest BCUT2D eigenvalue weighted by molar-refractivity contribution is 7.10. The third-order valence-corrected chi connectivity index (χ3v) is 7.41. The molecular weight excluding hydrogens is 472 g/mol. The third-order valence-electron chi connectivity index (χ3n) is 6.54. The zero-order valence-corrected chi connectivity index (χ0v) is 21.4. The van der Waals surface area contributed by atoms with Crippen molar-refractivity contribution in [1.82, 2.24) is 10.0 Å². The second-order valence-electron chi connectivity index (χ2n) is 9.09. The Bertz CT molecular complexity index is 1140. The highest BCUT2D eigenvalue weighted by Crippen LogP contribution is 2.27. The van der Waals surface area contributed by atoms with Gasteiger partial charge in [-0.2, -0.15) is 0 Å². The van der Waals surface area contributed by atoms with Crippen molar-refractivity contribution in [3.05, 3.63) is 93.7 Å². The lowest BCUT2D eigenvalue weighted by Crippen LogP contribution is -2.55. The Morgan fingerprint density at radius 3 is 2.19 bits per heavy atom. The minimum absolute atomic E-state index is 0.0170. The number of hydrazine groups is 1. The van der Waals surface area contributed by atoms with Crippen LogP contribution in [-0.2, 0) is 33.7 Å². The first-order chi connectivity index (χ1) is 17.5. The Labute approximate surface area is 216 Å². The minimum atomic E-state index is -0.412. The Morgan fingerprint density at radius 1 is 0.833 bits per heavy atom. The smallest absolute Gasteiger partial charge is 0.337 e. The first kappa shape index (κ1) is 25.6. The number of hydrogen-bond acceptors (Lipinski definition) is 5. The maximum absolute atomic E-state index is 13.9. The Balaban J connectivity index is 1.62. The molecule has 0 radical (unpaired) electrons. The number of carbonyl (C=O) groups is 3. The molecule has 0 saturated heterocycles. The van der Waals surface area contributed by atoms with Crippen LogP contribution in [0.2, 0.25) is 0 Å². The molecule has 2 amide bonds. The van der Waals surface area contributed by atoms with Crippen molar-refractivity contribution in [1.29, 1.82) is 0 Å². The molecule has 0 N–H and O–H groups in total. The first-order valence-electron chi connectivity index (χ1n) is 12.4. The van der Waals surface area contributed by atoms with Crippen molar-refractivity contribution in [2.24, 2.45) is 0 Å². The molecule has 0 aliphatic heterocycles. The van der Waals surface area contributed by atoms with Gasteiger partial charge in [0, 0.05) is 4.88 Å². The van der Waals surface area contributed by atoms with Crippen molar-refractivity contribution in [2.45, 2.75) is 57.5 Å². The third kappa shape index (κ3) is 6.61. The lowest BCUT2D eigenvalue weighted by Gasteiger charge is -2.42. The van der Waals surface area contributed by atoms with Gasteiger partial charge in [0.25, 0.3) is 0 Å². The lowest BCUT2D eigenvalue weighted by molar-refractivity contribution is -0.172. The molecule has 1 fully saturated rings. The van der Waals surface area contributed by atoms with Crippen LogP contribution in [-0.4, -0.2) is 41.0 Å². The number of esters is 1. The molecule has 0 bridgehead atoms. The molecule has 1 aliphatic carbocycles. The summed E-state index contributed by atoms with van der Waals surface area (Å²) >= 11 is 1.55. The summed E-state index contributed by atoms with van der Waals surface area (Å²) in [5, 5.41) is 5.39. The Hall–Kier alpha value is -3.45. The maximum atomic E-state index is 13.9. The van der Waals surface area contributed by atoms with E-state index in [4.69, 9.17) is 4.74 Å². The summed E-state index contributed by atoms with van der Waals surface area (Å²) in [4.78, 5) is 40.3. The number of ether oxygens (including phenoxy) is 1. The zero-order valence-electron chi connectivity index (χ0n) is 20.6. The van der Waals surface area contributed by atoms with Gasteiger partial charge in [0.05, 0.1) is 38.1 Å². The summed E-state index contributed by atoms with van der Waals surface area (Å²) in [5.74, 6) is -0.602. The first-order valence-corrected chi connectivity index (χ1v) is 13.3. The van der Waals surface area contributed by atoms with Crippen LogP contribution in [0, 0.1) is 0 Å². The van der Waals surface area contributed by atoms with E-state index in [0.717, 1.165) is 48.1 Å². The molecule has 0 atom stereocenters. The minimum Gasteiger partial charge on any atom is -0.465 e. The second-order valence-corrected chi connectivity index (χ2v) is 10.1. The molecule has 6 nitrogen and oxygen atoms in total. The summed E-state index contributed by atoms with van der Waals surface area (Å²) in [6.45, 7) is 0.342. The van der Waals surface area contributed by atoms with Crippen molar-refractivity contribution >= 4 is 29.1 Å². The normalized spacial score (nSPS) is 13.7. The number of hydrogen-bond donors (Lipinski definition) is 0. The SMILES string of the molecule is COC(=O)c1ccc(CC(=O)N(C2CCCCC2)N(Cc2ccccc2)C(=O)Cc2cccs2)cc1. The monoisotopic (exact) mass is 504 g/mol. The predicted octanol–water partition coefficient (Wildman–Crippen LogP) is 5.43. The molecular formula is C29H32N2O4S. The maximum Gasteiger partial charge on any atom is 0.337 e.